The number of amides is 2. The number of nitro groups is 1. The van der Waals surface area contributed by atoms with Crippen molar-refractivity contribution < 1.29 is 14.5 Å². The van der Waals surface area contributed by atoms with Gasteiger partial charge in [-0.05, 0) is 31.7 Å². The number of thioether (sulfide) groups is 1. The van der Waals surface area contributed by atoms with E-state index in [0.29, 0.717) is 19.0 Å². The SMILES string of the molecule is O=C(c1ccc([N+](=O)[O-])cc1Cl)N1CCC2(CC1)SCCN2C(=O)C1CCCC1. The highest BCUT2D eigenvalue weighted by atomic mass is 35.5. The average molecular weight is 438 g/mol. The summed E-state index contributed by atoms with van der Waals surface area (Å²) in [6.07, 6.45) is 5.77. The van der Waals surface area contributed by atoms with Crippen LogP contribution in [0.2, 0.25) is 5.02 Å². The minimum absolute atomic E-state index is 0.0952. The van der Waals surface area contributed by atoms with Crippen LogP contribution < -0.4 is 0 Å². The standard InChI is InChI=1S/C20H24ClN3O4S/c21-17-13-15(24(27)28)5-6-16(17)19(26)22-9-7-20(8-10-22)23(11-12-29-20)18(25)14-3-1-2-4-14/h5-6,13-14H,1-4,7-12H2. The molecule has 2 amide bonds. The van der Waals surface area contributed by atoms with Gasteiger partial charge in [-0.25, -0.2) is 0 Å². The number of hydrogen-bond acceptors (Lipinski definition) is 5. The smallest absolute Gasteiger partial charge is 0.270 e. The lowest BCUT2D eigenvalue weighted by atomic mass is 9.98. The molecule has 2 aliphatic heterocycles. The van der Waals surface area contributed by atoms with Gasteiger partial charge in [-0.2, -0.15) is 0 Å². The van der Waals surface area contributed by atoms with Crippen molar-refractivity contribution in [2.45, 2.75) is 43.4 Å². The molecule has 9 heteroatoms. The Bertz CT molecular complexity index is 835. The van der Waals surface area contributed by atoms with E-state index in [2.05, 4.69) is 4.90 Å². The number of nitrogens with zero attached hydrogens (tertiary/aromatic N) is 3. The van der Waals surface area contributed by atoms with Crippen LogP contribution in [0, 0.1) is 16.0 Å². The van der Waals surface area contributed by atoms with Crippen LogP contribution >= 0.6 is 23.4 Å². The van der Waals surface area contributed by atoms with E-state index in [0.717, 1.165) is 50.8 Å². The van der Waals surface area contributed by atoms with Crippen molar-refractivity contribution in [2.75, 3.05) is 25.4 Å². The second-order valence-corrected chi connectivity index (χ2v) is 9.84. The van der Waals surface area contributed by atoms with Gasteiger partial charge in [0.1, 0.15) is 0 Å². The Morgan fingerprint density at radius 1 is 1.17 bits per heavy atom. The molecule has 2 heterocycles. The van der Waals surface area contributed by atoms with E-state index in [1.165, 1.54) is 18.2 Å². The van der Waals surface area contributed by atoms with Gasteiger partial charge in [-0.15, -0.1) is 11.8 Å². The zero-order valence-corrected chi connectivity index (χ0v) is 17.7. The number of halogens is 1. The number of likely N-dealkylation sites (tertiary alicyclic amines) is 1. The third-order valence-corrected chi connectivity index (χ3v) is 8.24. The highest BCUT2D eigenvalue weighted by Gasteiger charge is 2.48. The minimum Gasteiger partial charge on any atom is -0.338 e. The van der Waals surface area contributed by atoms with E-state index in [-0.39, 0.29) is 33.0 Å². The molecule has 0 N–H and O–H groups in total. The van der Waals surface area contributed by atoms with Gasteiger partial charge in [-0.1, -0.05) is 24.4 Å². The second-order valence-electron chi connectivity index (χ2n) is 7.98. The molecule has 1 aromatic rings. The molecule has 3 fully saturated rings. The van der Waals surface area contributed by atoms with Crippen molar-refractivity contribution >= 4 is 40.9 Å². The van der Waals surface area contributed by atoms with Crippen LogP contribution in [-0.2, 0) is 4.79 Å². The maximum atomic E-state index is 13.0. The van der Waals surface area contributed by atoms with Crippen molar-refractivity contribution in [3.8, 4) is 0 Å². The lowest BCUT2D eigenvalue weighted by Gasteiger charge is -2.44. The number of piperidine rings is 1. The fraction of sp³-hybridized carbons (Fsp3) is 0.600. The van der Waals surface area contributed by atoms with Crippen LogP contribution in [0.4, 0.5) is 5.69 Å². The summed E-state index contributed by atoms with van der Waals surface area (Å²) in [6, 6.07) is 3.95. The Labute approximate surface area is 178 Å². The van der Waals surface area contributed by atoms with Gasteiger partial charge in [0.15, 0.2) is 0 Å². The molecule has 7 nitrogen and oxygen atoms in total. The van der Waals surface area contributed by atoms with E-state index in [1.807, 2.05) is 11.8 Å². The fourth-order valence-corrected chi connectivity index (χ4v) is 6.47. The van der Waals surface area contributed by atoms with E-state index in [9.17, 15) is 19.7 Å². The third kappa shape index (κ3) is 3.84. The lowest BCUT2D eigenvalue weighted by Crippen LogP contribution is -2.54. The molecule has 0 aromatic heterocycles. The maximum absolute atomic E-state index is 13.0. The third-order valence-electron chi connectivity index (χ3n) is 6.37. The van der Waals surface area contributed by atoms with Crippen LogP contribution in [-0.4, -0.2) is 56.8 Å². The summed E-state index contributed by atoms with van der Waals surface area (Å²) in [4.78, 5) is 39.9. The van der Waals surface area contributed by atoms with Crippen molar-refractivity contribution in [3.63, 3.8) is 0 Å². The number of carbonyl (C=O) groups excluding carboxylic acids is 2. The fourth-order valence-electron chi connectivity index (χ4n) is 4.75. The quantitative estimate of drug-likeness (QED) is 0.528. The first-order valence-corrected chi connectivity index (χ1v) is 11.5. The van der Waals surface area contributed by atoms with Crippen molar-refractivity contribution in [2.24, 2.45) is 5.92 Å². The molecule has 156 valence electrons. The largest absolute Gasteiger partial charge is 0.338 e. The molecule has 3 aliphatic rings. The number of rotatable bonds is 3. The van der Waals surface area contributed by atoms with Crippen molar-refractivity contribution in [1.29, 1.82) is 0 Å². The van der Waals surface area contributed by atoms with E-state index < -0.39 is 4.92 Å². The number of non-ortho nitro benzene ring substituents is 1. The van der Waals surface area contributed by atoms with Gasteiger partial charge in [-0.3, -0.25) is 19.7 Å². The van der Waals surface area contributed by atoms with E-state index in [4.69, 9.17) is 11.6 Å². The normalized spacial score (nSPS) is 21.7. The van der Waals surface area contributed by atoms with Gasteiger partial charge >= 0.3 is 0 Å². The summed E-state index contributed by atoms with van der Waals surface area (Å²) >= 11 is 7.98. The Morgan fingerprint density at radius 2 is 1.86 bits per heavy atom. The van der Waals surface area contributed by atoms with E-state index in [1.54, 1.807) is 4.90 Å². The Kier molecular flexibility index (Phi) is 5.75. The topological polar surface area (TPSA) is 83.8 Å². The molecular weight excluding hydrogens is 414 g/mol. The zero-order valence-electron chi connectivity index (χ0n) is 16.1. The zero-order chi connectivity index (χ0) is 20.6. The Balaban J connectivity index is 1.44. The predicted octanol–water partition coefficient (Wildman–Crippen LogP) is 3.95. The van der Waals surface area contributed by atoms with Crippen LogP contribution in [0.3, 0.4) is 0 Å². The molecule has 4 rings (SSSR count). The molecule has 0 bridgehead atoms. The first-order chi connectivity index (χ1) is 13.9. The maximum Gasteiger partial charge on any atom is 0.270 e. The van der Waals surface area contributed by atoms with Crippen LogP contribution in [0.15, 0.2) is 18.2 Å². The first-order valence-electron chi connectivity index (χ1n) is 10.1. The molecule has 0 radical (unpaired) electrons. The van der Waals surface area contributed by atoms with Gasteiger partial charge in [0.2, 0.25) is 5.91 Å². The Morgan fingerprint density at radius 3 is 2.48 bits per heavy atom. The molecular formula is C20H24ClN3O4S. The highest BCUT2D eigenvalue weighted by Crippen LogP contribution is 2.45. The predicted molar refractivity (Wildman–Crippen MR) is 112 cm³/mol. The molecule has 1 aromatic carbocycles. The average Bonchev–Trinajstić information content (AvgIpc) is 3.38. The summed E-state index contributed by atoms with van der Waals surface area (Å²) in [7, 11) is 0. The summed E-state index contributed by atoms with van der Waals surface area (Å²) in [5.41, 5.74) is 0.152. The highest BCUT2D eigenvalue weighted by molar-refractivity contribution is 8.00. The summed E-state index contributed by atoms with van der Waals surface area (Å²) in [5.74, 6) is 1.20. The molecule has 1 aliphatic carbocycles. The molecule has 0 unspecified atom stereocenters. The summed E-state index contributed by atoms with van der Waals surface area (Å²) in [6.45, 7) is 1.89. The van der Waals surface area contributed by atoms with Gasteiger partial charge < -0.3 is 9.80 Å². The lowest BCUT2D eigenvalue weighted by molar-refractivity contribution is -0.384. The molecule has 1 saturated carbocycles. The van der Waals surface area contributed by atoms with E-state index >= 15 is 0 Å². The van der Waals surface area contributed by atoms with Crippen LogP contribution in [0.5, 0.6) is 0 Å². The Hall–Kier alpha value is -1.80. The number of carbonyl (C=O) groups is 2. The van der Waals surface area contributed by atoms with Gasteiger partial charge in [0, 0.05) is 43.4 Å². The number of benzene rings is 1. The molecule has 29 heavy (non-hydrogen) atoms. The number of hydrogen-bond donors (Lipinski definition) is 0. The monoisotopic (exact) mass is 437 g/mol. The number of nitro benzene ring substituents is 1. The minimum atomic E-state index is -0.530. The van der Waals surface area contributed by atoms with Crippen molar-refractivity contribution in [3.05, 3.63) is 38.9 Å². The molecule has 1 spiro atoms. The van der Waals surface area contributed by atoms with Crippen LogP contribution in [0.25, 0.3) is 0 Å². The summed E-state index contributed by atoms with van der Waals surface area (Å²) in [5, 5.41) is 11.0. The summed E-state index contributed by atoms with van der Waals surface area (Å²) < 4.78 is 0. The van der Waals surface area contributed by atoms with Gasteiger partial charge in [0.05, 0.1) is 20.4 Å². The second kappa shape index (κ2) is 8.14. The van der Waals surface area contributed by atoms with Crippen LogP contribution in [0.1, 0.15) is 48.9 Å². The molecule has 0 atom stereocenters. The van der Waals surface area contributed by atoms with Gasteiger partial charge in [0.25, 0.3) is 11.6 Å². The van der Waals surface area contributed by atoms with Crippen molar-refractivity contribution in [1.82, 2.24) is 9.80 Å². The molecule has 2 saturated heterocycles. The first kappa shape index (κ1) is 20.5.